The van der Waals surface area contributed by atoms with E-state index in [-0.39, 0.29) is 0 Å². The third kappa shape index (κ3) is 1.69. The summed E-state index contributed by atoms with van der Waals surface area (Å²) in [5.41, 5.74) is 0. The topological polar surface area (TPSA) is 9.23 Å². The average Bonchev–Trinajstić information content (AvgIpc) is 2.10. The summed E-state index contributed by atoms with van der Waals surface area (Å²) in [5, 5.41) is 0. The van der Waals surface area contributed by atoms with Gasteiger partial charge in [0, 0.05) is 6.00 Å². The highest BCUT2D eigenvalue weighted by Crippen LogP contribution is 2.25. The first kappa shape index (κ1) is 7.56. The van der Waals surface area contributed by atoms with E-state index in [9.17, 15) is 0 Å². The fourth-order valence-corrected chi connectivity index (χ4v) is 2.03. The van der Waals surface area contributed by atoms with Gasteiger partial charge in [0.25, 0.3) is 0 Å². The van der Waals surface area contributed by atoms with Crippen molar-refractivity contribution < 1.29 is 4.74 Å². The quantitative estimate of drug-likeness (QED) is 0.378. The second-order valence-electron chi connectivity index (χ2n) is 2.93. The number of ether oxygens (including phenoxy) is 1. The Morgan fingerprint density at radius 3 is 2.67 bits per heavy atom. The molecule has 0 saturated carbocycles. The summed E-state index contributed by atoms with van der Waals surface area (Å²) in [6, 6.07) is 0.491. The molecule has 0 aromatic heterocycles. The molecule has 9 heavy (non-hydrogen) atoms. The van der Waals surface area contributed by atoms with Crippen LogP contribution < -0.4 is 0 Å². The Kier molecular flexibility index (Phi) is 2.54. The minimum absolute atomic E-state index is 0.491. The first-order chi connectivity index (χ1) is 4.24. The van der Waals surface area contributed by atoms with Crippen LogP contribution in [0.4, 0.5) is 0 Å². The van der Waals surface area contributed by atoms with Crippen LogP contribution in [0.1, 0.15) is 13.3 Å². The summed E-state index contributed by atoms with van der Waals surface area (Å²) in [6.07, 6.45) is 2.83. The molecule has 0 aromatic rings. The van der Waals surface area contributed by atoms with Gasteiger partial charge in [0.15, 0.2) is 0 Å². The van der Waals surface area contributed by atoms with Gasteiger partial charge >= 0.3 is 0 Å². The van der Waals surface area contributed by atoms with Gasteiger partial charge in [-0.05, 0) is 18.5 Å². The number of hydrogen-bond donors (Lipinski definition) is 0. The van der Waals surface area contributed by atoms with Gasteiger partial charge < -0.3 is 4.74 Å². The van der Waals surface area contributed by atoms with Gasteiger partial charge in [-0.1, -0.05) is 6.92 Å². The molecule has 4 atom stereocenters. The van der Waals surface area contributed by atoms with Gasteiger partial charge in [0.2, 0.25) is 0 Å². The molecule has 0 aromatic carbocycles. The molecule has 1 fully saturated rings. The average molecular weight is 144 g/mol. The van der Waals surface area contributed by atoms with Crippen molar-refractivity contribution in [2.45, 2.75) is 25.5 Å². The summed E-state index contributed by atoms with van der Waals surface area (Å²) < 4.78 is 5.60. The van der Waals surface area contributed by atoms with Crippen LogP contribution in [0.2, 0.25) is 0 Å². The lowest BCUT2D eigenvalue weighted by molar-refractivity contribution is 0.0916. The van der Waals surface area contributed by atoms with E-state index in [2.05, 4.69) is 24.0 Å². The molecule has 0 amide bonds. The molecule has 1 heterocycles. The zero-order valence-electron chi connectivity index (χ0n) is 6.13. The molecular weight excluding hydrogens is 130 g/mol. The first-order valence-electron chi connectivity index (χ1n) is 3.59. The van der Waals surface area contributed by atoms with Crippen molar-refractivity contribution >= 4 is 17.1 Å². The van der Waals surface area contributed by atoms with E-state index < -0.39 is 0 Å². The molecular formula is C6H14BOP. The summed E-state index contributed by atoms with van der Waals surface area (Å²) in [7, 11) is 4.89. The van der Waals surface area contributed by atoms with E-state index in [1.807, 2.05) is 0 Å². The SMILES string of the molecule is BC1CC(C)C(CP)O1. The molecule has 1 saturated heterocycles. The molecule has 0 radical (unpaired) electrons. The third-order valence-electron chi connectivity index (χ3n) is 1.98. The Morgan fingerprint density at radius 1 is 1.78 bits per heavy atom. The molecule has 0 N–H and O–H groups in total. The van der Waals surface area contributed by atoms with Gasteiger partial charge in [-0.3, -0.25) is 0 Å². The lowest BCUT2D eigenvalue weighted by Gasteiger charge is -2.10. The molecule has 52 valence electrons. The van der Waals surface area contributed by atoms with Crippen LogP contribution in [0.5, 0.6) is 0 Å². The molecule has 1 aliphatic rings. The lowest BCUT2D eigenvalue weighted by Crippen LogP contribution is -2.15. The van der Waals surface area contributed by atoms with Crippen molar-refractivity contribution in [1.29, 1.82) is 0 Å². The van der Waals surface area contributed by atoms with Crippen LogP contribution in [-0.4, -0.2) is 26.1 Å². The van der Waals surface area contributed by atoms with Crippen LogP contribution in [0.25, 0.3) is 0 Å². The Bertz CT molecular complexity index is 99.1. The third-order valence-corrected chi connectivity index (χ3v) is 2.44. The standard InChI is InChI=1S/C6H14BOP/c1-4-2-6(7)8-5(4)3-9/h4-6H,2-3,7,9H2,1H3. The molecule has 4 unspecified atom stereocenters. The van der Waals surface area contributed by atoms with Gasteiger partial charge in [-0.15, -0.1) is 9.24 Å². The van der Waals surface area contributed by atoms with E-state index in [0.29, 0.717) is 12.1 Å². The monoisotopic (exact) mass is 144 g/mol. The van der Waals surface area contributed by atoms with Crippen molar-refractivity contribution in [3.63, 3.8) is 0 Å². The van der Waals surface area contributed by atoms with Crippen LogP contribution in [0, 0.1) is 5.92 Å². The van der Waals surface area contributed by atoms with Gasteiger partial charge in [-0.2, -0.15) is 0 Å². The molecule has 0 bridgehead atoms. The van der Waals surface area contributed by atoms with Crippen molar-refractivity contribution in [2.24, 2.45) is 5.92 Å². The summed E-state index contributed by atoms with van der Waals surface area (Å²) in [4.78, 5) is 0. The predicted molar refractivity (Wildman–Crippen MR) is 45.6 cm³/mol. The number of hydrogen-bond acceptors (Lipinski definition) is 1. The largest absolute Gasteiger partial charge is 0.383 e. The summed E-state index contributed by atoms with van der Waals surface area (Å²) in [5.74, 6) is 0.762. The molecule has 0 spiro atoms. The molecule has 3 heteroatoms. The fourth-order valence-electron chi connectivity index (χ4n) is 1.45. The normalized spacial score (nSPS) is 43.6. The minimum Gasteiger partial charge on any atom is -0.383 e. The Morgan fingerprint density at radius 2 is 2.44 bits per heavy atom. The van der Waals surface area contributed by atoms with Crippen molar-refractivity contribution in [3.05, 3.63) is 0 Å². The Balaban J connectivity index is 2.38. The summed E-state index contributed by atoms with van der Waals surface area (Å²) in [6.45, 7) is 2.26. The van der Waals surface area contributed by atoms with E-state index in [1.165, 1.54) is 6.42 Å². The van der Waals surface area contributed by atoms with E-state index in [4.69, 9.17) is 4.74 Å². The lowest BCUT2D eigenvalue weighted by atomic mass is 9.92. The van der Waals surface area contributed by atoms with Gasteiger partial charge in [-0.25, -0.2) is 0 Å². The van der Waals surface area contributed by atoms with Crippen molar-refractivity contribution in [1.82, 2.24) is 0 Å². The van der Waals surface area contributed by atoms with E-state index >= 15 is 0 Å². The maximum Gasteiger partial charge on any atom is 0.139 e. The van der Waals surface area contributed by atoms with Gasteiger partial charge in [0.1, 0.15) is 7.85 Å². The fraction of sp³-hybridized carbons (Fsp3) is 1.00. The molecule has 0 aliphatic carbocycles. The van der Waals surface area contributed by atoms with Crippen LogP contribution in [0.3, 0.4) is 0 Å². The van der Waals surface area contributed by atoms with E-state index in [0.717, 1.165) is 12.1 Å². The van der Waals surface area contributed by atoms with Crippen LogP contribution >= 0.6 is 9.24 Å². The predicted octanol–water partition coefficient (Wildman–Crippen LogP) is 0.246. The van der Waals surface area contributed by atoms with Crippen molar-refractivity contribution in [2.75, 3.05) is 6.16 Å². The molecule has 1 aliphatic heterocycles. The zero-order valence-corrected chi connectivity index (χ0v) is 7.29. The Hall–Kier alpha value is 0.455. The van der Waals surface area contributed by atoms with Crippen LogP contribution in [-0.2, 0) is 4.74 Å². The zero-order chi connectivity index (χ0) is 6.85. The molecule has 1 nitrogen and oxygen atoms in total. The second-order valence-corrected chi connectivity index (χ2v) is 3.41. The van der Waals surface area contributed by atoms with Gasteiger partial charge in [0.05, 0.1) is 6.10 Å². The summed E-state index contributed by atoms with van der Waals surface area (Å²) >= 11 is 0. The van der Waals surface area contributed by atoms with Crippen LogP contribution in [0.15, 0.2) is 0 Å². The second kappa shape index (κ2) is 3.03. The smallest absolute Gasteiger partial charge is 0.139 e. The Labute approximate surface area is 60.2 Å². The molecule has 1 rings (SSSR count). The maximum atomic E-state index is 5.60. The highest BCUT2D eigenvalue weighted by atomic mass is 31.0. The minimum atomic E-state index is 0.491. The highest BCUT2D eigenvalue weighted by Gasteiger charge is 2.27. The maximum absolute atomic E-state index is 5.60. The van der Waals surface area contributed by atoms with E-state index in [1.54, 1.807) is 0 Å². The number of rotatable bonds is 1. The first-order valence-corrected chi connectivity index (χ1v) is 4.41. The van der Waals surface area contributed by atoms with Crippen molar-refractivity contribution in [3.8, 4) is 0 Å². The highest BCUT2D eigenvalue weighted by molar-refractivity contribution is 7.16.